The van der Waals surface area contributed by atoms with Crippen molar-refractivity contribution < 1.29 is 14.3 Å². The van der Waals surface area contributed by atoms with E-state index in [0.29, 0.717) is 24.6 Å². The Hall–Kier alpha value is -2.26. The van der Waals surface area contributed by atoms with E-state index in [1.807, 2.05) is 7.05 Å². The molecule has 0 aliphatic carbocycles. The first-order chi connectivity index (χ1) is 10.6. The molecule has 1 aliphatic heterocycles. The first-order valence-corrected chi connectivity index (χ1v) is 6.89. The monoisotopic (exact) mass is 306 g/mol. The summed E-state index contributed by atoms with van der Waals surface area (Å²) >= 11 is 0. The lowest BCUT2D eigenvalue weighted by Crippen LogP contribution is -2.31. The first-order valence-electron chi connectivity index (χ1n) is 6.89. The predicted octanol–water partition coefficient (Wildman–Crippen LogP) is -0.309. The molecule has 1 aliphatic rings. The van der Waals surface area contributed by atoms with Crippen molar-refractivity contribution in [2.45, 2.75) is 12.2 Å². The highest BCUT2D eigenvalue weighted by Crippen LogP contribution is 2.22. The second-order valence-electron chi connectivity index (χ2n) is 5.22. The minimum atomic E-state index is -0.106. The number of aromatic nitrogens is 5. The van der Waals surface area contributed by atoms with Crippen LogP contribution in [-0.2, 0) is 16.5 Å². The van der Waals surface area contributed by atoms with E-state index in [1.165, 1.54) is 0 Å². The molecule has 0 unspecified atom stereocenters. The van der Waals surface area contributed by atoms with Crippen LogP contribution in [0, 0.1) is 0 Å². The van der Waals surface area contributed by atoms with Crippen LogP contribution in [0.15, 0.2) is 12.3 Å². The number of rotatable bonds is 4. The van der Waals surface area contributed by atoms with Crippen LogP contribution in [0.2, 0.25) is 0 Å². The number of tetrazole rings is 1. The van der Waals surface area contributed by atoms with Crippen LogP contribution in [0.4, 0.5) is 0 Å². The summed E-state index contributed by atoms with van der Waals surface area (Å²) in [5.41, 5.74) is 1.30. The Balaban J connectivity index is 1.81. The highest BCUT2D eigenvalue weighted by Gasteiger charge is 2.36. The fourth-order valence-corrected chi connectivity index (χ4v) is 2.71. The van der Waals surface area contributed by atoms with E-state index in [4.69, 9.17) is 9.47 Å². The van der Waals surface area contributed by atoms with Gasteiger partial charge in [-0.15, -0.1) is 10.2 Å². The Morgan fingerprint density at radius 2 is 2.00 bits per heavy atom. The molecule has 0 radical (unpaired) electrons. The number of aryl methyl sites for hydroxylation is 1. The van der Waals surface area contributed by atoms with E-state index in [2.05, 4.69) is 20.6 Å². The van der Waals surface area contributed by atoms with Gasteiger partial charge in [-0.2, -0.15) is 5.21 Å². The Morgan fingerprint density at radius 1 is 1.32 bits per heavy atom. The normalized spacial score (nSPS) is 21.5. The van der Waals surface area contributed by atoms with Gasteiger partial charge in [0.2, 0.25) is 5.82 Å². The zero-order valence-electron chi connectivity index (χ0n) is 12.7. The summed E-state index contributed by atoms with van der Waals surface area (Å²) < 4.78 is 12.5. The Bertz CT molecular complexity index is 641. The molecule has 9 heteroatoms. The molecule has 3 rings (SSSR count). The van der Waals surface area contributed by atoms with Crippen molar-refractivity contribution in [3.8, 4) is 11.4 Å². The topological polar surface area (TPSA) is 98.2 Å². The molecule has 2 atom stereocenters. The predicted molar refractivity (Wildman–Crippen MR) is 76.1 cm³/mol. The number of likely N-dealkylation sites (tertiary alicyclic amines) is 1. The first kappa shape index (κ1) is 14.7. The smallest absolute Gasteiger partial charge is 0.270 e. The Morgan fingerprint density at radius 3 is 2.55 bits per heavy atom. The SMILES string of the molecule is CO[C@H]1CN(C(=O)c2cc(-c3nn[nH]n3)cn2C)C[C@H]1OC. The lowest BCUT2D eigenvalue weighted by molar-refractivity contribution is -0.00461. The number of H-pyrrole nitrogens is 1. The van der Waals surface area contributed by atoms with Gasteiger partial charge in [0.05, 0.1) is 0 Å². The molecule has 1 saturated heterocycles. The molecule has 2 aromatic heterocycles. The third-order valence-electron chi connectivity index (χ3n) is 3.94. The van der Waals surface area contributed by atoms with Crippen molar-refractivity contribution in [2.24, 2.45) is 7.05 Å². The Labute approximate surface area is 127 Å². The fourth-order valence-electron chi connectivity index (χ4n) is 2.71. The molecular formula is C13H18N6O3. The van der Waals surface area contributed by atoms with Gasteiger partial charge < -0.3 is 18.9 Å². The number of hydrogen-bond acceptors (Lipinski definition) is 6. The quantitative estimate of drug-likeness (QED) is 0.832. The van der Waals surface area contributed by atoms with Gasteiger partial charge in [0, 0.05) is 46.1 Å². The molecule has 1 N–H and O–H groups in total. The number of ether oxygens (including phenoxy) is 2. The van der Waals surface area contributed by atoms with E-state index in [9.17, 15) is 4.79 Å². The van der Waals surface area contributed by atoms with Crippen LogP contribution in [0.5, 0.6) is 0 Å². The van der Waals surface area contributed by atoms with Crippen LogP contribution < -0.4 is 0 Å². The maximum atomic E-state index is 12.7. The number of hydrogen-bond donors (Lipinski definition) is 1. The third kappa shape index (κ3) is 2.48. The number of carbonyl (C=O) groups excluding carboxylic acids is 1. The van der Waals surface area contributed by atoms with E-state index in [-0.39, 0.29) is 18.1 Å². The van der Waals surface area contributed by atoms with Crippen molar-refractivity contribution in [3.05, 3.63) is 18.0 Å². The average Bonchev–Trinajstić information content (AvgIpc) is 3.24. The standard InChI is InChI=1S/C13H18N6O3/c1-18-5-8(12-14-16-17-15-12)4-9(18)13(20)19-6-10(21-2)11(7-19)22-3/h4-5,10-11H,6-7H2,1-3H3,(H,14,15,16,17)/t10-,11+. The molecular weight excluding hydrogens is 288 g/mol. The largest absolute Gasteiger partial charge is 0.377 e. The van der Waals surface area contributed by atoms with Gasteiger partial charge in [-0.25, -0.2) is 0 Å². The van der Waals surface area contributed by atoms with Gasteiger partial charge in [-0.1, -0.05) is 0 Å². The van der Waals surface area contributed by atoms with E-state index < -0.39 is 0 Å². The number of carbonyl (C=O) groups is 1. The second-order valence-corrected chi connectivity index (χ2v) is 5.22. The maximum Gasteiger partial charge on any atom is 0.270 e. The van der Waals surface area contributed by atoms with Crippen LogP contribution in [-0.4, -0.2) is 75.5 Å². The van der Waals surface area contributed by atoms with Gasteiger partial charge >= 0.3 is 0 Å². The van der Waals surface area contributed by atoms with Crippen LogP contribution in [0.25, 0.3) is 11.4 Å². The van der Waals surface area contributed by atoms with E-state index in [0.717, 1.165) is 5.56 Å². The summed E-state index contributed by atoms with van der Waals surface area (Å²) in [4.78, 5) is 14.4. The summed E-state index contributed by atoms with van der Waals surface area (Å²) in [6, 6.07) is 1.76. The number of nitrogens with one attached hydrogen (secondary N) is 1. The molecule has 22 heavy (non-hydrogen) atoms. The minimum absolute atomic E-state index is 0.0705. The average molecular weight is 306 g/mol. The second kappa shape index (κ2) is 5.85. The zero-order valence-corrected chi connectivity index (χ0v) is 12.7. The molecule has 3 heterocycles. The van der Waals surface area contributed by atoms with Crippen molar-refractivity contribution in [1.82, 2.24) is 30.1 Å². The van der Waals surface area contributed by atoms with Gasteiger partial charge in [0.1, 0.15) is 17.9 Å². The number of aromatic amines is 1. The van der Waals surface area contributed by atoms with E-state index in [1.54, 1.807) is 35.9 Å². The highest BCUT2D eigenvalue weighted by molar-refractivity contribution is 5.94. The van der Waals surface area contributed by atoms with E-state index >= 15 is 0 Å². The van der Waals surface area contributed by atoms with Gasteiger partial charge in [0.25, 0.3) is 5.91 Å². The molecule has 1 fully saturated rings. The van der Waals surface area contributed by atoms with Crippen LogP contribution in [0.3, 0.4) is 0 Å². The van der Waals surface area contributed by atoms with Crippen LogP contribution in [0.1, 0.15) is 10.5 Å². The zero-order chi connectivity index (χ0) is 15.7. The molecule has 118 valence electrons. The number of methoxy groups -OCH3 is 2. The Kier molecular flexibility index (Phi) is 3.90. The number of amides is 1. The molecule has 2 aromatic rings. The lowest BCUT2D eigenvalue weighted by Gasteiger charge is -2.15. The highest BCUT2D eigenvalue weighted by atomic mass is 16.5. The van der Waals surface area contributed by atoms with Gasteiger partial charge in [-0.05, 0) is 11.3 Å². The van der Waals surface area contributed by atoms with Crippen LogP contribution >= 0.6 is 0 Å². The molecule has 0 saturated carbocycles. The van der Waals surface area contributed by atoms with Crippen molar-refractivity contribution >= 4 is 5.91 Å². The molecule has 0 bridgehead atoms. The molecule has 0 spiro atoms. The third-order valence-corrected chi connectivity index (χ3v) is 3.94. The summed E-state index contributed by atoms with van der Waals surface area (Å²) in [5, 5.41) is 13.8. The lowest BCUT2D eigenvalue weighted by atomic mass is 10.3. The summed E-state index contributed by atoms with van der Waals surface area (Å²) in [6.45, 7) is 1.02. The van der Waals surface area contributed by atoms with Gasteiger partial charge in [0.15, 0.2) is 0 Å². The van der Waals surface area contributed by atoms with Gasteiger partial charge in [-0.3, -0.25) is 4.79 Å². The van der Waals surface area contributed by atoms with Crippen molar-refractivity contribution in [3.63, 3.8) is 0 Å². The number of nitrogens with zero attached hydrogens (tertiary/aromatic N) is 5. The summed E-state index contributed by atoms with van der Waals surface area (Å²) in [7, 11) is 5.07. The molecule has 0 aromatic carbocycles. The fraction of sp³-hybridized carbons (Fsp3) is 0.538. The van der Waals surface area contributed by atoms with Crippen molar-refractivity contribution in [2.75, 3.05) is 27.3 Å². The summed E-state index contributed by atoms with van der Waals surface area (Å²) in [6.07, 6.45) is 1.59. The van der Waals surface area contributed by atoms with Crippen molar-refractivity contribution in [1.29, 1.82) is 0 Å². The molecule has 1 amide bonds. The molecule has 9 nitrogen and oxygen atoms in total. The summed E-state index contributed by atoms with van der Waals surface area (Å²) in [5.74, 6) is 0.388. The maximum absolute atomic E-state index is 12.7. The minimum Gasteiger partial charge on any atom is -0.377 e.